The third kappa shape index (κ3) is 2.74. The lowest BCUT2D eigenvalue weighted by atomic mass is 9.68. The molecule has 0 radical (unpaired) electrons. The summed E-state index contributed by atoms with van der Waals surface area (Å²) in [6.45, 7) is 6.66. The maximum absolute atomic E-state index is 13.2. The van der Waals surface area contributed by atoms with E-state index in [0.29, 0.717) is 0 Å². The number of piperidine rings is 1. The molecule has 1 atom stereocenters. The fourth-order valence-corrected chi connectivity index (χ4v) is 3.89. The zero-order chi connectivity index (χ0) is 15.0. The van der Waals surface area contributed by atoms with Crippen LogP contribution in [0.4, 0.5) is 4.39 Å². The van der Waals surface area contributed by atoms with Crippen LogP contribution in [0.2, 0.25) is 0 Å². The normalized spacial score (nSPS) is 23.9. The van der Waals surface area contributed by atoms with E-state index >= 15 is 0 Å². The summed E-state index contributed by atoms with van der Waals surface area (Å²) in [5.74, 6) is 0.242. The first-order valence-corrected chi connectivity index (χ1v) is 7.82. The maximum atomic E-state index is 13.2. The van der Waals surface area contributed by atoms with Gasteiger partial charge in [-0.3, -0.25) is 4.79 Å². The number of rotatable bonds is 2. The zero-order valence-corrected chi connectivity index (χ0v) is 14.0. The Morgan fingerprint density at radius 3 is 2.36 bits per heavy atom. The van der Waals surface area contributed by atoms with Gasteiger partial charge in [0.05, 0.1) is 5.41 Å². The van der Waals surface area contributed by atoms with Crippen LogP contribution in [0, 0.1) is 11.2 Å². The lowest BCUT2D eigenvalue weighted by Gasteiger charge is -2.37. The van der Waals surface area contributed by atoms with Gasteiger partial charge in [-0.1, -0.05) is 12.1 Å². The van der Waals surface area contributed by atoms with Crippen LogP contribution in [0.5, 0.6) is 0 Å². The predicted octanol–water partition coefficient (Wildman–Crippen LogP) is 2.95. The molecule has 2 aliphatic rings. The second-order valence-electron chi connectivity index (χ2n) is 6.56. The molecule has 2 saturated heterocycles. The molecule has 22 heavy (non-hydrogen) atoms. The number of likely N-dealkylation sites (tertiary alicyclic amines) is 1. The first-order valence-electron chi connectivity index (χ1n) is 7.82. The molecule has 0 bridgehead atoms. The zero-order valence-electron chi connectivity index (χ0n) is 13.1. The first-order chi connectivity index (χ1) is 10.0. The highest BCUT2D eigenvalue weighted by Crippen LogP contribution is 2.50. The Kier molecular flexibility index (Phi) is 5.13. The third-order valence-corrected chi connectivity index (χ3v) is 5.12. The van der Waals surface area contributed by atoms with Gasteiger partial charge in [-0.05, 0) is 57.5 Å². The molecule has 5 heteroatoms. The van der Waals surface area contributed by atoms with E-state index in [1.54, 1.807) is 0 Å². The summed E-state index contributed by atoms with van der Waals surface area (Å²) in [6.07, 6.45) is 1.74. The second kappa shape index (κ2) is 6.55. The third-order valence-electron chi connectivity index (χ3n) is 5.12. The summed E-state index contributed by atoms with van der Waals surface area (Å²) >= 11 is 0. The average Bonchev–Trinajstić information content (AvgIpc) is 2.75. The Morgan fingerprint density at radius 1 is 1.23 bits per heavy atom. The van der Waals surface area contributed by atoms with Crippen LogP contribution < -0.4 is 5.32 Å². The minimum atomic E-state index is -0.298. The predicted molar refractivity (Wildman–Crippen MR) is 87.8 cm³/mol. The van der Waals surface area contributed by atoms with Gasteiger partial charge in [-0.25, -0.2) is 4.39 Å². The number of carbonyl (C=O) groups is 1. The van der Waals surface area contributed by atoms with Crippen molar-refractivity contribution in [3.63, 3.8) is 0 Å². The van der Waals surface area contributed by atoms with Crippen molar-refractivity contribution in [1.29, 1.82) is 0 Å². The maximum Gasteiger partial charge on any atom is 0.229 e. The van der Waals surface area contributed by atoms with Gasteiger partial charge >= 0.3 is 0 Å². The number of hydrogen-bond acceptors (Lipinski definition) is 2. The minimum Gasteiger partial charge on any atom is -0.339 e. The molecule has 3 rings (SSSR count). The van der Waals surface area contributed by atoms with Crippen LogP contribution in [-0.2, 0) is 4.79 Å². The van der Waals surface area contributed by atoms with Crippen molar-refractivity contribution >= 4 is 18.3 Å². The molecular formula is C17H24ClFN2O. The number of carbonyl (C=O) groups excluding carboxylic acids is 1. The van der Waals surface area contributed by atoms with E-state index in [2.05, 4.69) is 19.2 Å². The number of nitrogens with zero attached hydrogens (tertiary/aromatic N) is 1. The second-order valence-corrected chi connectivity index (χ2v) is 6.56. The molecule has 3 nitrogen and oxygen atoms in total. The molecule has 2 heterocycles. The van der Waals surface area contributed by atoms with Gasteiger partial charge in [0.25, 0.3) is 0 Å². The fourth-order valence-electron chi connectivity index (χ4n) is 3.89. The summed E-state index contributed by atoms with van der Waals surface area (Å²) in [4.78, 5) is 15.0. The first kappa shape index (κ1) is 17.2. The summed E-state index contributed by atoms with van der Waals surface area (Å²) in [5, 5.41) is 3.35. The minimum absolute atomic E-state index is 0. The topological polar surface area (TPSA) is 32.3 Å². The quantitative estimate of drug-likeness (QED) is 0.906. The van der Waals surface area contributed by atoms with Crippen molar-refractivity contribution < 1.29 is 9.18 Å². The van der Waals surface area contributed by atoms with Gasteiger partial charge in [0.15, 0.2) is 0 Å². The molecule has 122 valence electrons. The summed E-state index contributed by atoms with van der Waals surface area (Å²) < 4.78 is 13.2. The molecule has 2 fully saturated rings. The Morgan fingerprint density at radius 2 is 1.82 bits per heavy atom. The van der Waals surface area contributed by atoms with Gasteiger partial charge in [0.1, 0.15) is 5.82 Å². The van der Waals surface area contributed by atoms with Gasteiger partial charge in [0.2, 0.25) is 5.91 Å². The molecule has 1 unspecified atom stereocenters. The Hall–Kier alpha value is -1.13. The van der Waals surface area contributed by atoms with Crippen molar-refractivity contribution in [3.8, 4) is 0 Å². The van der Waals surface area contributed by atoms with Gasteiger partial charge in [-0.15, -0.1) is 12.4 Å². The van der Waals surface area contributed by atoms with Gasteiger partial charge < -0.3 is 10.2 Å². The van der Waals surface area contributed by atoms with Crippen LogP contribution in [0.25, 0.3) is 0 Å². The number of halogens is 2. The Labute approximate surface area is 137 Å². The van der Waals surface area contributed by atoms with Crippen LogP contribution >= 0.6 is 12.4 Å². The lowest BCUT2D eigenvalue weighted by Crippen LogP contribution is -2.45. The fraction of sp³-hybridized carbons (Fsp3) is 0.588. The van der Waals surface area contributed by atoms with E-state index in [4.69, 9.17) is 0 Å². The molecule has 1 N–H and O–H groups in total. The number of amides is 1. The summed E-state index contributed by atoms with van der Waals surface area (Å²) in [5.41, 5.74) is 0.794. The molecule has 2 aliphatic heterocycles. The van der Waals surface area contributed by atoms with Crippen molar-refractivity contribution in [2.24, 2.45) is 5.41 Å². The molecule has 0 aliphatic carbocycles. The number of hydrogen-bond donors (Lipinski definition) is 1. The van der Waals surface area contributed by atoms with Crippen molar-refractivity contribution in [1.82, 2.24) is 10.2 Å². The molecule has 1 aromatic rings. The van der Waals surface area contributed by atoms with Gasteiger partial charge in [0, 0.05) is 18.5 Å². The summed E-state index contributed by atoms with van der Waals surface area (Å²) in [6, 6.07) is 6.93. The van der Waals surface area contributed by atoms with Crippen LogP contribution in [0.1, 0.15) is 38.2 Å². The van der Waals surface area contributed by atoms with E-state index < -0.39 is 0 Å². The molecule has 1 aromatic carbocycles. The molecule has 0 aromatic heterocycles. The van der Waals surface area contributed by atoms with E-state index in [0.717, 1.165) is 38.0 Å². The van der Waals surface area contributed by atoms with Crippen LogP contribution in [-0.4, -0.2) is 36.5 Å². The summed E-state index contributed by atoms with van der Waals surface area (Å²) in [7, 11) is 0. The molecule has 1 amide bonds. The standard InChI is InChI=1S/C17H23FN2O.ClH/c1-12(2)20-11-15(13-3-5-14(18)6-4-13)17(16(20)21)7-9-19-10-8-17;/h3-6,12,15,19H,7-11H2,1-2H3;1H. The molecule has 1 spiro atoms. The van der Waals surface area contributed by atoms with E-state index in [1.165, 1.54) is 12.1 Å². The van der Waals surface area contributed by atoms with E-state index in [1.807, 2.05) is 17.0 Å². The van der Waals surface area contributed by atoms with E-state index in [-0.39, 0.29) is 41.5 Å². The molecular weight excluding hydrogens is 303 g/mol. The van der Waals surface area contributed by atoms with Crippen LogP contribution in [0.15, 0.2) is 24.3 Å². The van der Waals surface area contributed by atoms with Crippen molar-refractivity contribution in [2.45, 2.75) is 38.6 Å². The van der Waals surface area contributed by atoms with Crippen molar-refractivity contribution in [3.05, 3.63) is 35.6 Å². The van der Waals surface area contributed by atoms with Crippen molar-refractivity contribution in [2.75, 3.05) is 19.6 Å². The Bertz CT molecular complexity index is 526. The van der Waals surface area contributed by atoms with E-state index in [9.17, 15) is 9.18 Å². The smallest absolute Gasteiger partial charge is 0.229 e. The van der Waals surface area contributed by atoms with Crippen LogP contribution in [0.3, 0.4) is 0 Å². The average molecular weight is 327 g/mol. The number of benzene rings is 1. The van der Waals surface area contributed by atoms with Gasteiger partial charge in [-0.2, -0.15) is 0 Å². The largest absolute Gasteiger partial charge is 0.339 e. The highest BCUT2D eigenvalue weighted by molar-refractivity contribution is 5.87. The number of nitrogens with one attached hydrogen (secondary N) is 1. The highest BCUT2D eigenvalue weighted by Gasteiger charge is 2.54. The molecule has 0 saturated carbocycles. The highest BCUT2D eigenvalue weighted by atomic mass is 35.5. The SMILES string of the molecule is CC(C)N1CC(c2ccc(F)cc2)C2(CCNCC2)C1=O.Cl. The lowest BCUT2D eigenvalue weighted by molar-refractivity contribution is -0.139. The Balaban J connectivity index is 0.00000176. The monoisotopic (exact) mass is 326 g/mol.